The zero-order valence-electron chi connectivity index (χ0n) is 14.1. The van der Waals surface area contributed by atoms with E-state index in [0.29, 0.717) is 26.3 Å². The third-order valence-corrected chi connectivity index (χ3v) is 5.50. The number of sulfone groups is 1. The van der Waals surface area contributed by atoms with Crippen LogP contribution in [0.15, 0.2) is 24.3 Å². The number of halogens is 1. The van der Waals surface area contributed by atoms with Crippen molar-refractivity contribution in [2.45, 2.75) is 6.04 Å². The van der Waals surface area contributed by atoms with Gasteiger partial charge in [0.2, 0.25) is 5.91 Å². The maximum atomic E-state index is 13.0. The van der Waals surface area contributed by atoms with Crippen molar-refractivity contribution < 1.29 is 32.2 Å². The van der Waals surface area contributed by atoms with E-state index in [4.69, 9.17) is 9.84 Å². The molecule has 1 aromatic carbocycles. The van der Waals surface area contributed by atoms with Crippen molar-refractivity contribution in [3.8, 4) is 0 Å². The van der Waals surface area contributed by atoms with E-state index in [2.05, 4.69) is 5.32 Å². The Kier molecular flexibility index (Phi) is 7.06. The lowest BCUT2D eigenvalue weighted by Gasteiger charge is -2.30. The standard InChI is InChI=1S/C16H21FN2O6S/c17-13-3-1-12(2-4-13)15(21)18-14(11-26(23,24)10-7-20)16(22)19-5-8-25-9-6-19/h1-4,14,20H,5-11H2,(H,18,21). The number of rotatable bonds is 7. The van der Waals surface area contributed by atoms with E-state index < -0.39 is 51.6 Å². The number of carbonyl (C=O) groups is 2. The summed E-state index contributed by atoms with van der Waals surface area (Å²) in [5, 5.41) is 11.3. The van der Waals surface area contributed by atoms with Gasteiger partial charge in [0.1, 0.15) is 11.9 Å². The van der Waals surface area contributed by atoms with Crippen molar-refractivity contribution >= 4 is 21.7 Å². The van der Waals surface area contributed by atoms with Gasteiger partial charge in [-0.05, 0) is 24.3 Å². The van der Waals surface area contributed by atoms with Gasteiger partial charge in [-0.25, -0.2) is 12.8 Å². The van der Waals surface area contributed by atoms with Crippen LogP contribution in [0.2, 0.25) is 0 Å². The topological polar surface area (TPSA) is 113 Å². The Morgan fingerprint density at radius 3 is 2.42 bits per heavy atom. The number of hydrogen-bond donors (Lipinski definition) is 2. The molecule has 2 amide bonds. The van der Waals surface area contributed by atoms with Crippen LogP contribution >= 0.6 is 0 Å². The summed E-state index contributed by atoms with van der Waals surface area (Å²) in [4.78, 5) is 26.4. The predicted octanol–water partition coefficient (Wildman–Crippen LogP) is -0.810. The van der Waals surface area contributed by atoms with Crippen LogP contribution in [0.25, 0.3) is 0 Å². The van der Waals surface area contributed by atoms with Crippen molar-refractivity contribution in [1.29, 1.82) is 0 Å². The molecule has 0 saturated carbocycles. The molecule has 0 spiro atoms. The average molecular weight is 388 g/mol. The van der Waals surface area contributed by atoms with Crippen molar-refractivity contribution in [3.63, 3.8) is 0 Å². The smallest absolute Gasteiger partial charge is 0.251 e. The lowest BCUT2D eigenvalue weighted by molar-refractivity contribution is -0.136. The van der Waals surface area contributed by atoms with Crippen molar-refractivity contribution in [2.75, 3.05) is 44.4 Å². The number of nitrogens with zero attached hydrogens (tertiary/aromatic N) is 1. The average Bonchev–Trinajstić information content (AvgIpc) is 2.61. The second kappa shape index (κ2) is 9.06. The van der Waals surface area contributed by atoms with E-state index in [1.165, 1.54) is 17.0 Å². The quantitative estimate of drug-likeness (QED) is 0.632. The number of aliphatic hydroxyl groups is 1. The minimum atomic E-state index is -3.75. The van der Waals surface area contributed by atoms with Gasteiger partial charge in [-0.3, -0.25) is 9.59 Å². The summed E-state index contributed by atoms with van der Waals surface area (Å²) in [6.45, 7) is 0.665. The molecule has 2 rings (SSSR count). The van der Waals surface area contributed by atoms with Gasteiger partial charge < -0.3 is 20.1 Å². The second-order valence-electron chi connectivity index (χ2n) is 5.81. The molecule has 1 aliphatic heterocycles. The summed E-state index contributed by atoms with van der Waals surface area (Å²) in [5.41, 5.74) is 0.103. The summed E-state index contributed by atoms with van der Waals surface area (Å²) >= 11 is 0. The highest BCUT2D eigenvalue weighted by atomic mass is 32.2. The van der Waals surface area contributed by atoms with Gasteiger partial charge in [0.25, 0.3) is 5.91 Å². The fourth-order valence-electron chi connectivity index (χ4n) is 2.50. The zero-order valence-corrected chi connectivity index (χ0v) is 14.9. The van der Waals surface area contributed by atoms with Crippen molar-refractivity contribution in [1.82, 2.24) is 10.2 Å². The maximum absolute atomic E-state index is 13.0. The van der Waals surface area contributed by atoms with E-state index in [-0.39, 0.29) is 5.56 Å². The minimum absolute atomic E-state index is 0.103. The molecule has 0 aromatic heterocycles. The van der Waals surface area contributed by atoms with Crippen LogP contribution in [0, 0.1) is 5.82 Å². The van der Waals surface area contributed by atoms with Crippen molar-refractivity contribution in [2.24, 2.45) is 0 Å². The Balaban J connectivity index is 2.17. The molecule has 1 aromatic rings. The largest absolute Gasteiger partial charge is 0.395 e. The van der Waals surface area contributed by atoms with Crippen LogP contribution in [-0.4, -0.2) is 80.7 Å². The van der Waals surface area contributed by atoms with E-state index in [1.54, 1.807) is 0 Å². The van der Waals surface area contributed by atoms with Crippen LogP contribution in [0.3, 0.4) is 0 Å². The Morgan fingerprint density at radius 1 is 1.23 bits per heavy atom. The molecule has 0 bridgehead atoms. The van der Waals surface area contributed by atoms with Crippen LogP contribution in [0.5, 0.6) is 0 Å². The normalized spacial score (nSPS) is 16.2. The molecule has 144 valence electrons. The molecule has 0 aliphatic carbocycles. The summed E-state index contributed by atoms with van der Waals surface area (Å²) in [6, 6.07) is 3.36. The molecule has 0 radical (unpaired) electrons. The first-order chi connectivity index (χ1) is 12.3. The Labute approximate surface area is 150 Å². The molecule has 10 heteroatoms. The van der Waals surface area contributed by atoms with E-state index >= 15 is 0 Å². The summed E-state index contributed by atoms with van der Waals surface area (Å²) in [5.74, 6) is -2.88. The number of aliphatic hydroxyl groups excluding tert-OH is 1. The first kappa shape index (κ1) is 20.3. The lowest BCUT2D eigenvalue weighted by Crippen LogP contribution is -2.54. The van der Waals surface area contributed by atoms with E-state index in [0.717, 1.165) is 12.1 Å². The second-order valence-corrected chi connectivity index (χ2v) is 8.04. The number of carbonyl (C=O) groups excluding carboxylic acids is 2. The molecule has 2 N–H and O–H groups in total. The molecular formula is C16H21FN2O6S. The minimum Gasteiger partial charge on any atom is -0.395 e. The van der Waals surface area contributed by atoms with Crippen LogP contribution in [0.1, 0.15) is 10.4 Å². The molecule has 1 heterocycles. The molecular weight excluding hydrogens is 367 g/mol. The molecule has 1 fully saturated rings. The maximum Gasteiger partial charge on any atom is 0.251 e. The van der Waals surface area contributed by atoms with Gasteiger partial charge in [0.15, 0.2) is 9.84 Å². The number of ether oxygens (including phenoxy) is 1. The number of morpholine rings is 1. The van der Waals surface area contributed by atoms with Gasteiger partial charge in [-0.1, -0.05) is 0 Å². The van der Waals surface area contributed by atoms with Gasteiger partial charge in [0, 0.05) is 18.7 Å². The summed E-state index contributed by atoms with van der Waals surface area (Å²) in [7, 11) is -3.75. The van der Waals surface area contributed by atoms with Crippen molar-refractivity contribution in [3.05, 3.63) is 35.6 Å². The fourth-order valence-corrected chi connectivity index (χ4v) is 3.68. The molecule has 1 unspecified atom stereocenters. The molecule has 8 nitrogen and oxygen atoms in total. The zero-order chi connectivity index (χ0) is 19.2. The Morgan fingerprint density at radius 2 is 1.85 bits per heavy atom. The van der Waals surface area contributed by atoms with Gasteiger partial charge >= 0.3 is 0 Å². The Bertz CT molecular complexity index is 732. The predicted molar refractivity (Wildman–Crippen MR) is 90.8 cm³/mol. The summed E-state index contributed by atoms with van der Waals surface area (Å²) < 4.78 is 42.2. The van der Waals surface area contributed by atoms with Crippen LogP contribution in [0.4, 0.5) is 4.39 Å². The van der Waals surface area contributed by atoms with Crippen LogP contribution < -0.4 is 5.32 Å². The first-order valence-corrected chi connectivity index (χ1v) is 9.89. The molecule has 1 saturated heterocycles. The molecule has 1 aliphatic rings. The number of nitrogens with one attached hydrogen (secondary N) is 1. The van der Waals surface area contributed by atoms with E-state index in [9.17, 15) is 22.4 Å². The molecule has 1 atom stereocenters. The lowest BCUT2D eigenvalue weighted by atomic mass is 10.2. The molecule has 26 heavy (non-hydrogen) atoms. The summed E-state index contributed by atoms with van der Waals surface area (Å²) in [6.07, 6.45) is 0. The third-order valence-electron chi connectivity index (χ3n) is 3.86. The fraction of sp³-hybridized carbons (Fsp3) is 0.500. The number of amides is 2. The van der Waals surface area contributed by atoms with Gasteiger partial charge in [-0.15, -0.1) is 0 Å². The highest BCUT2D eigenvalue weighted by molar-refractivity contribution is 7.91. The first-order valence-electron chi connectivity index (χ1n) is 8.06. The van der Waals surface area contributed by atoms with Gasteiger partial charge in [0.05, 0.1) is 31.3 Å². The number of hydrogen-bond acceptors (Lipinski definition) is 6. The van der Waals surface area contributed by atoms with Gasteiger partial charge in [-0.2, -0.15) is 0 Å². The number of benzene rings is 1. The highest BCUT2D eigenvalue weighted by Gasteiger charge is 2.31. The monoisotopic (exact) mass is 388 g/mol. The van der Waals surface area contributed by atoms with E-state index in [1.807, 2.05) is 0 Å². The third kappa shape index (κ3) is 5.75. The SMILES string of the molecule is O=C(NC(CS(=O)(=O)CCO)C(=O)N1CCOCC1)c1ccc(F)cc1. The Hall–Kier alpha value is -2.04. The highest BCUT2D eigenvalue weighted by Crippen LogP contribution is 2.07. The van der Waals surface area contributed by atoms with Crippen LogP contribution in [-0.2, 0) is 19.4 Å².